The van der Waals surface area contributed by atoms with Crippen LogP contribution in [0.15, 0.2) is 78.1 Å². The average Bonchev–Trinajstić information content (AvgIpc) is 3.58. The Morgan fingerprint density at radius 2 is 1.73 bits per heavy atom. The zero-order valence-electron chi connectivity index (χ0n) is 25.0. The fourth-order valence-electron chi connectivity index (χ4n) is 4.91. The van der Waals surface area contributed by atoms with Crippen LogP contribution < -0.4 is 19.5 Å². The van der Waals surface area contributed by atoms with E-state index in [-0.39, 0.29) is 49.9 Å². The molecule has 2 aromatic carbocycles. The number of likely N-dealkylation sites (tertiary alicyclic amines) is 1. The van der Waals surface area contributed by atoms with Gasteiger partial charge in [-0.1, -0.05) is 40.9 Å². The molecule has 18 heteroatoms. The van der Waals surface area contributed by atoms with Gasteiger partial charge in [-0.15, -0.1) is 0 Å². The fraction of sp³-hybridized carbons (Fsp3) is 0.226. The number of aromatic nitrogens is 2. The van der Waals surface area contributed by atoms with E-state index in [9.17, 15) is 31.2 Å². The molecular weight excluding hydrogens is 734 g/mol. The van der Waals surface area contributed by atoms with Crippen LogP contribution in [0.5, 0.6) is 17.4 Å². The molecule has 5 rings (SSSR count). The second kappa shape index (κ2) is 15.2. The fourth-order valence-corrected chi connectivity index (χ4v) is 6.50. The van der Waals surface area contributed by atoms with Gasteiger partial charge in [-0.2, -0.15) is 13.2 Å². The number of esters is 1. The minimum absolute atomic E-state index is 0.00419. The molecule has 1 saturated heterocycles. The molecule has 1 unspecified atom stereocenters. The van der Waals surface area contributed by atoms with E-state index < -0.39 is 39.4 Å². The predicted molar refractivity (Wildman–Crippen MR) is 175 cm³/mol. The highest BCUT2D eigenvalue weighted by Gasteiger charge is 2.42. The number of sulfonamides is 1. The summed E-state index contributed by atoms with van der Waals surface area (Å²) in [6.45, 7) is 1.63. The van der Waals surface area contributed by atoms with Crippen LogP contribution in [-0.4, -0.2) is 61.0 Å². The van der Waals surface area contributed by atoms with E-state index in [1.807, 2.05) is 6.07 Å². The molecule has 0 spiro atoms. The monoisotopic (exact) mass is 757 g/mol. The Morgan fingerprint density at radius 1 is 0.980 bits per heavy atom. The standard InChI is InChI=1S/C31H25Cl3F3N5O6S/c32-19-12-25(41-49(45,46)21-6-8-23(33)24(34)14-21)29(40-16-19)47-20-5-7-22(27(13-20)48-30(44)31(35,36)37)28(43)39-17-26(42-10-1-2-11-42)18-4-3-9-38-15-18/h3-9,12-16,26,41H,1-2,10-11,17H2,(H,39,43). The van der Waals surface area contributed by atoms with Crippen molar-refractivity contribution in [3.8, 4) is 17.4 Å². The third kappa shape index (κ3) is 9.10. The van der Waals surface area contributed by atoms with Gasteiger partial charge in [-0.05, 0) is 74.0 Å². The third-order valence-electron chi connectivity index (χ3n) is 7.22. The summed E-state index contributed by atoms with van der Waals surface area (Å²) in [6, 6.07) is 11.3. The molecule has 258 valence electrons. The minimum Gasteiger partial charge on any atom is -0.437 e. The largest absolute Gasteiger partial charge is 0.491 e. The van der Waals surface area contributed by atoms with E-state index in [0.29, 0.717) is 0 Å². The van der Waals surface area contributed by atoms with E-state index in [4.69, 9.17) is 39.5 Å². The van der Waals surface area contributed by atoms with Gasteiger partial charge in [0.15, 0.2) is 0 Å². The molecule has 2 aromatic heterocycles. The maximum atomic E-state index is 13.4. The number of nitrogens with zero attached hydrogens (tertiary/aromatic N) is 3. The number of amides is 1. The molecule has 0 bridgehead atoms. The highest BCUT2D eigenvalue weighted by molar-refractivity contribution is 7.92. The zero-order valence-corrected chi connectivity index (χ0v) is 28.1. The van der Waals surface area contributed by atoms with Crippen molar-refractivity contribution >= 4 is 62.4 Å². The number of carbonyl (C=O) groups is 2. The van der Waals surface area contributed by atoms with Crippen molar-refractivity contribution < 1.29 is 40.7 Å². The normalized spacial score (nSPS) is 14.2. The van der Waals surface area contributed by atoms with E-state index in [2.05, 4.69) is 29.6 Å². The van der Waals surface area contributed by atoms with Gasteiger partial charge in [0.2, 0.25) is 5.88 Å². The van der Waals surface area contributed by atoms with Crippen molar-refractivity contribution in [2.75, 3.05) is 24.4 Å². The number of pyridine rings is 2. The van der Waals surface area contributed by atoms with Gasteiger partial charge in [0.25, 0.3) is 15.9 Å². The summed E-state index contributed by atoms with van der Waals surface area (Å²) in [5.41, 5.74) is 0.164. The molecular formula is C31H25Cl3F3N5O6S. The quantitative estimate of drug-likeness (QED) is 0.122. The second-order valence-corrected chi connectivity index (χ2v) is 13.5. The molecule has 1 amide bonds. The number of hydrogen-bond donors (Lipinski definition) is 2. The van der Waals surface area contributed by atoms with E-state index in [1.54, 1.807) is 18.5 Å². The van der Waals surface area contributed by atoms with E-state index in [0.717, 1.165) is 55.9 Å². The maximum absolute atomic E-state index is 13.4. The first-order valence-corrected chi connectivity index (χ1v) is 17.0. The van der Waals surface area contributed by atoms with Crippen molar-refractivity contribution in [1.29, 1.82) is 0 Å². The Labute approximate surface area is 293 Å². The van der Waals surface area contributed by atoms with Crippen LogP contribution in [0, 0.1) is 0 Å². The highest BCUT2D eigenvalue weighted by Crippen LogP contribution is 2.35. The summed E-state index contributed by atoms with van der Waals surface area (Å²) in [7, 11) is -4.31. The summed E-state index contributed by atoms with van der Waals surface area (Å²) in [5.74, 6) is -4.84. The van der Waals surface area contributed by atoms with Crippen molar-refractivity contribution in [1.82, 2.24) is 20.2 Å². The summed E-state index contributed by atoms with van der Waals surface area (Å²) in [6.07, 6.45) is 0.942. The van der Waals surface area contributed by atoms with Gasteiger partial charge >= 0.3 is 12.1 Å². The molecule has 1 aliphatic rings. The number of alkyl halides is 3. The van der Waals surface area contributed by atoms with Crippen molar-refractivity contribution in [2.45, 2.75) is 30.0 Å². The molecule has 0 saturated carbocycles. The van der Waals surface area contributed by atoms with Crippen LogP contribution >= 0.6 is 34.8 Å². The van der Waals surface area contributed by atoms with Gasteiger partial charge in [0.05, 0.1) is 31.6 Å². The number of anilines is 1. The first kappa shape index (κ1) is 36.1. The summed E-state index contributed by atoms with van der Waals surface area (Å²) >= 11 is 17.9. The van der Waals surface area contributed by atoms with Gasteiger partial charge in [0, 0.05) is 31.2 Å². The van der Waals surface area contributed by atoms with Crippen LogP contribution in [0.2, 0.25) is 15.1 Å². The Hall–Kier alpha value is -4.15. The van der Waals surface area contributed by atoms with Gasteiger partial charge in [-0.3, -0.25) is 19.4 Å². The number of benzene rings is 2. The van der Waals surface area contributed by atoms with E-state index in [1.165, 1.54) is 24.3 Å². The van der Waals surface area contributed by atoms with Gasteiger partial charge in [-0.25, -0.2) is 18.2 Å². The molecule has 1 aliphatic heterocycles. The molecule has 0 aliphatic carbocycles. The molecule has 0 radical (unpaired) electrons. The number of hydrogen-bond acceptors (Lipinski definition) is 9. The van der Waals surface area contributed by atoms with E-state index >= 15 is 0 Å². The lowest BCUT2D eigenvalue weighted by Crippen LogP contribution is -2.37. The molecule has 1 fully saturated rings. The number of nitrogens with one attached hydrogen (secondary N) is 2. The first-order valence-electron chi connectivity index (χ1n) is 14.4. The summed E-state index contributed by atoms with van der Waals surface area (Å²) in [4.78, 5) is 35.3. The van der Waals surface area contributed by atoms with Gasteiger partial charge < -0.3 is 14.8 Å². The van der Waals surface area contributed by atoms with Crippen LogP contribution in [0.1, 0.15) is 34.8 Å². The Bertz CT molecular complexity index is 1970. The molecule has 1 atom stereocenters. The smallest absolute Gasteiger partial charge is 0.437 e. The van der Waals surface area contributed by atoms with Crippen LogP contribution in [0.3, 0.4) is 0 Å². The molecule has 2 N–H and O–H groups in total. The topological polar surface area (TPSA) is 140 Å². The zero-order chi connectivity index (χ0) is 35.3. The second-order valence-electron chi connectivity index (χ2n) is 10.6. The molecule has 3 heterocycles. The van der Waals surface area contributed by atoms with Crippen molar-refractivity contribution in [3.63, 3.8) is 0 Å². The van der Waals surface area contributed by atoms with Gasteiger partial charge in [0.1, 0.15) is 17.2 Å². The summed E-state index contributed by atoms with van der Waals surface area (Å²) < 4.78 is 78.5. The lowest BCUT2D eigenvalue weighted by atomic mass is 10.1. The summed E-state index contributed by atoms with van der Waals surface area (Å²) in [5, 5.41) is 2.81. The third-order valence-corrected chi connectivity index (χ3v) is 9.53. The molecule has 11 nitrogen and oxygen atoms in total. The maximum Gasteiger partial charge on any atom is 0.491 e. The van der Waals surface area contributed by atoms with Crippen LogP contribution in [0.25, 0.3) is 0 Å². The number of halogens is 6. The number of ether oxygens (including phenoxy) is 2. The Balaban J connectivity index is 1.42. The van der Waals surface area contributed by atoms with Crippen LogP contribution in [0.4, 0.5) is 18.9 Å². The SMILES string of the molecule is O=C(NCC(c1cccnc1)N1CCCC1)c1ccc(Oc2ncc(Cl)cc2NS(=O)(=O)c2ccc(Cl)c(Cl)c2)cc1OC(=O)C(F)(F)F. The number of rotatable bonds is 11. The van der Waals surface area contributed by atoms with Crippen molar-refractivity contribution in [3.05, 3.63) is 99.4 Å². The average molecular weight is 759 g/mol. The Morgan fingerprint density at radius 3 is 2.41 bits per heavy atom. The van der Waals surface area contributed by atoms with Crippen LogP contribution in [-0.2, 0) is 14.8 Å². The number of carbonyl (C=O) groups excluding carboxylic acids is 2. The minimum atomic E-state index is -5.39. The first-order chi connectivity index (χ1) is 23.2. The predicted octanol–water partition coefficient (Wildman–Crippen LogP) is 7.06. The lowest BCUT2D eigenvalue weighted by molar-refractivity contribution is -0.189. The molecule has 49 heavy (non-hydrogen) atoms. The highest BCUT2D eigenvalue weighted by atomic mass is 35.5. The lowest BCUT2D eigenvalue weighted by Gasteiger charge is -2.28. The van der Waals surface area contributed by atoms with Crippen molar-refractivity contribution in [2.24, 2.45) is 0 Å². The Kier molecular flexibility index (Phi) is 11.2. The molecule has 4 aromatic rings.